The van der Waals surface area contributed by atoms with E-state index in [4.69, 9.17) is 4.74 Å². The highest BCUT2D eigenvalue weighted by Crippen LogP contribution is 2.33. The summed E-state index contributed by atoms with van der Waals surface area (Å²) in [6, 6.07) is 7.01. The zero-order chi connectivity index (χ0) is 19.0. The molecule has 1 amide bonds. The number of carbonyl (C=O) groups is 3. The summed E-state index contributed by atoms with van der Waals surface area (Å²) in [5, 5.41) is 2.78. The van der Waals surface area contributed by atoms with E-state index in [-0.39, 0.29) is 24.2 Å². The van der Waals surface area contributed by atoms with E-state index < -0.39 is 5.97 Å². The first-order valence-corrected chi connectivity index (χ1v) is 10.1. The topological polar surface area (TPSA) is 72.5 Å². The Morgan fingerprint density at radius 2 is 2.00 bits per heavy atom. The van der Waals surface area contributed by atoms with Crippen LogP contribution < -0.4 is 5.32 Å². The molecule has 0 radical (unpaired) electrons. The minimum Gasteiger partial charge on any atom is -0.453 e. The molecule has 0 saturated carbocycles. The molecule has 0 unspecified atom stereocenters. The number of ketones is 1. The number of hydrogen-bond donors (Lipinski definition) is 1. The zero-order valence-corrected chi connectivity index (χ0v) is 16.0. The largest absolute Gasteiger partial charge is 0.453 e. The number of anilines is 1. The lowest BCUT2D eigenvalue weighted by Crippen LogP contribution is -2.14. The Morgan fingerprint density at radius 3 is 2.85 bits per heavy atom. The van der Waals surface area contributed by atoms with Crippen LogP contribution in [0.4, 0.5) is 5.69 Å². The molecule has 27 heavy (non-hydrogen) atoms. The molecule has 1 N–H and O–H groups in total. The van der Waals surface area contributed by atoms with E-state index in [1.165, 1.54) is 28.2 Å². The number of carbonyl (C=O) groups excluding carboxylic acids is 3. The molecule has 1 aliphatic heterocycles. The summed E-state index contributed by atoms with van der Waals surface area (Å²) in [4.78, 5) is 38.4. The van der Waals surface area contributed by atoms with Crippen LogP contribution in [0.25, 0.3) is 0 Å². The molecule has 1 aromatic heterocycles. The minimum atomic E-state index is -0.437. The van der Waals surface area contributed by atoms with E-state index in [0.29, 0.717) is 10.4 Å². The van der Waals surface area contributed by atoms with Gasteiger partial charge in [-0.15, -0.1) is 11.3 Å². The summed E-state index contributed by atoms with van der Waals surface area (Å²) in [6.45, 7) is 1.51. The van der Waals surface area contributed by atoms with Gasteiger partial charge >= 0.3 is 5.97 Å². The molecule has 1 aliphatic carbocycles. The van der Waals surface area contributed by atoms with E-state index in [9.17, 15) is 14.4 Å². The number of amides is 1. The van der Waals surface area contributed by atoms with E-state index in [1.54, 1.807) is 25.1 Å². The molecule has 5 nitrogen and oxygen atoms in total. The first kappa shape index (κ1) is 17.9. The number of esters is 1. The fraction of sp³-hybridized carbons (Fsp3) is 0.381. The molecule has 1 aromatic carbocycles. The first-order chi connectivity index (χ1) is 13.0. The van der Waals surface area contributed by atoms with Crippen molar-refractivity contribution in [1.29, 1.82) is 0 Å². The molecular formula is C21H21NO4S. The van der Waals surface area contributed by atoms with Crippen molar-refractivity contribution in [3.63, 3.8) is 0 Å². The second kappa shape index (κ2) is 7.27. The smallest absolute Gasteiger partial charge is 0.348 e. The van der Waals surface area contributed by atoms with Gasteiger partial charge in [0.25, 0.3) is 0 Å². The SMILES string of the molecule is C[C@@H]1C(=O)Nc2ccc(C(=O)COC(=O)c3cc4c(s3)CCCCC4)cc21. The quantitative estimate of drug-likeness (QED) is 0.490. The summed E-state index contributed by atoms with van der Waals surface area (Å²) in [6.07, 6.45) is 5.58. The van der Waals surface area contributed by atoms with Crippen molar-refractivity contribution in [1.82, 2.24) is 0 Å². The van der Waals surface area contributed by atoms with Crippen molar-refractivity contribution in [3.05, 3.63) is 50.7 Å². The molecule has 4 rings (SSSR count). The highest BCUT2D eigenvalue weighted by molar-refractivity contribution is 7.14. The molecular weight excluding hydrogens is 362 g/mol. The third kappa shape index (κ3) is 3.54. The molecule has 0 spiro atoms. The predicted octanol–water partition coefficient (Wildman–Crippen LogP) is 4.11. The van der Waals surface area contributed by atoms with Crippen LogP contribution in [-0.2, 0) is 22.4 Å². The van der Waals surface area contributed by atoms with Crippen LogP contribution in [0.5, 0.6) is 0 Å². The van der Waals surface area contributed by atoms with Gasteiger partial charge in [0.15, 0.2) is 12.4 Å². The van der Waals surface area contributed by atoms with Crippen LogP contribution in [-0.4, -0.2) is 24.3 Å². The van der Waals surface area contributed by atoms with E-state index >= 15 is 0 Å². The number of ether oxygens (including phenoxy) is 1. The highest BCUT2D eigenvalue weighted by Gasteiger charge is 2.27. The lowest BCUT2D eigenvalue weighted by Gasteiger charge is -2.06. The van der Waals surface area contributed by atoms with E-state index in [1.807, 2.05) is 6.07 Å². The second-order valence-electron chi connectivity index (χ2n) is 7.13. The van der Waals surface area contributed by atoms with E-state index in [0.717, 1.165) is 36.9 Å². The molecule has 140 valence electrons. The summed E-state index contributed by atoms with van der Waals surface area (Å²) in [7, 11) is 0. The molecule has 2 aliphatic rings. The predicted molar refractivity (Wildman–Crippen MR) is 104 cm³/mol. The summed E-state index contributed by atoms with van der Waals surface area (Å²) in [5.74, 6) is -1.06. The van der Waals surface area contributed by atoms with Crippen molar-refractivity contribution < 1.29 is 19.1 Å². The van der Waals surface area contributed by atoms with Crippen molar-refractivity contribution >= 4 is 34.7 Å². The van der Waals surface area contributed by atoms with Crippen molar-refractivity contribution in [2.24, 2.45) is 0 Å². The Labute approximate surface area is 161 Å². The van der Waals surface area contributed by atoms with Crippen molar-refractivity contribution in [2.45, 2.75) is 44.9 Å². The van der Waals surface area contributed by atoms with Gasteiger partial charge in [-0.05, 0) is 68.0 Å². The van der Waals surface area contributed by atoms with Crippen molar-refractivity contribution in [3.8, 4) is 0 Å². The number of Topliss-reactive ketones (excluding diaryl/α,β-unsaturated/α-hetero) is 1. The molecule has 0 saturated heterocycles. The van der Waals surface area contributed by atoms with Crippen LogP contribution in [0, 0.1) is 0 Å². The Bertz CT molecular complexity index is 907. The average molecular weight is 383 g/mol. The lowest BCUT2D eigenvalue weighted by molar-refractivity contribution is -0.116. The second-order valence-corrected chi connectivity index (χ2v) is 8.27. The third-order valence-electron chi connectivity index (χ3n) is 5.27. The van der Waals surface area contributed by atoms with Gasteiger partial charge in [-0.2, -0.15) is 0 Å². The maximum Gasteiger partial charge on any atom is 0.348 e. The number of benzene rings is 1. The van der Waals surface area contributed by atoms with Crippen LogP contribution in [0.3, 0.4) is 0 Å². The average Bonchev–Trinajstić information content (AvgIpc) is 3.12. The molecule has 2 aromatic rings. The zero-order valence-electron chi connectivity index (χ0n) is 15.2. The van der Waals surface area contributed by atoms with Crippen molar-refractivity contribution in [2.75, 3.05) is 11.9 Å². The molecule has 6 heteroatoms. The maximum atomic E-state index is 12.4. The van der Waals surface area contributed by atoms with Gasteiger partial charge in [0.05, 0.1) is 5.92 Å². The van der Waals surface area contributed by atoms with Gasteiger partial charge in [0.1, 0.15) is 4.88 Å². The van der Waals surface area contributed by atoms with Gasteiger partial charge < -0.3 is 10.1 Å². The normalized spacial score (nSPS) is 18.3. The van der Waals surface area contributed by atoms with Crippen LogP contribution in [0.2, 0.25) is 0 Å². The Balaban J connectivity index is 1.41. The maximum absolute atomic E-state index is 12.4. The highest BCUT2D eigenvalue weighted by atomic mass is 32.1. The molecule has 2 heterocycles. The van der Waals surface area contributed by atoms with Crippen LogP contribution >= 0.6 is 11.3 Å². The monoisotopic (exact) mass is 383 g/mol. The molecule has 0 fully saturated rings. The molecule has 0 bridgehead atoms. The number of rotatable bonds is 4. The number of hydrogen-bond acceptors (Lipinski definition) is 5. The molecule has 1 atom stereocenters. The number of fused-ring (bicyclic) bond motifs is 2. The number of thiophene rings is 1. The minimum absolute atomic E-state index is 0.0708. The van der Waals surface area contributed by atoms with Crippen LogP contribution in [0.15, 0.2) is 24.3 Å². The Morgan fingerprint density at radius 1 is 1.19 bits per heavy atom. The summed E-state index contributed by atoms with van der Waals surface area (Å²) < 4.78 is 5.26. The van der Waals surface area contributed by atoms with Crippen LogP contribution in [0.1, 0.15) is 68.1 Å². The van der Waals surface area contributed by atoms with Gasteiger partial charge in [0, 0.05) is 16.1 Å². The fourth-order valence-electron chi connectivity index (χ4n) is 3.64. The Kier molecular flexibility index (Phi) is 4.83. The third-order valence-corrected chi connectivity index (χ3v) is 6.49. The lowest BCUT2D eigenvalue weighted by atomic mass is 9.99. The van der Waals surface area contributed by atoms with Gasteiger partial charge in [0.2, 0.25) is 5.91 Å². The van der Waals surface area contributed by atoms with Gasteiger partial charge in [-0.1, -0.05) is 6.42 Å². The number of aryl methyl sites for hydroxylation is 2. The van der Waals surface area contributed by atoms with Gasteiger partial charge in [-0.3, -0.25) is 9.59 Å². The summed E-state index contributed by atoms with van der Waals surface area (Å²) >= 11 is 1.49. The van der Waals surface area contributed by atoms with E-state index in [2.05, 4.69) is 5.32 Å². The number of nitrogens with one attached hydrogen (secondary N) is 1. The Hall–Kier alpha value is -2.47. The fourth-order valence-corrected chi connectivity index (χ4v) is 4.79. The standard InChI is InChI=1S/C21H21NO4S/c1-12-15-9-13(7-8-16(15)22-20(12)24)17(23)11-26-21(25)19-10-14-5-3-2-4-6-18(14)27-19/h7-10,12H,2-6,11H2,1H3,(H,22,24)/t12-/m0/s1. The van der Waals surface area contributed by atoms with Gasteiger partial charge in [-0.25, -0.2) is 4.79 Å². The first-order valence-electron chi connectivity index (χ1n) is 9.29. The summed E-state index contributed by atoms with van der Waals surface area (Å²) in [5.41, 5.74) is 3.24.